The lowest BCUT2D eigenvalue weighted by atomic mass is 10.2. The molecule has 0 atom stereocenters. The molecule has 0 N–H and O–H groups in total. The highest BCUT2D eigenvalue weighted by Gasteiger charge is 2.18. The minimum atomic E-state index is -2.95. The van der Waals surface area contributed by atoms with Crippen LogP contribution in [-0.2, 0) is 0 Å². The van der Waals surface area contributed by atoms with Crippen LogP contribution in [0.15, 0.2) is 10.7 Å². The lowest BCUT2D eigenvalue weighted by molar-refractivity contribution is 0.146. The first-order valence-corrected chi connectivity index (χ1v) is 3.89. The number of nitriles is 1. The molecular weight excluding hydrogens is 249 g/mol. The Kier molecular flexibility index (Phi) is 2.88. The van der Waals surface area contributed by atoms with Gasteiger partial charge in [0.1, 0.15) is 16.4 Å². The molecule has 0 aromatic carbocycles. The van der Waals surface area contributed by atoms with E-state index in [0.29, 0.717) is 0 Å². The SMILES string of the molecule is N#Cc1cc(C(F)F)c(F)c(Br)n1. The first-order chi connectivity index (χ1) is 6.06. The summed E-state index contributed by atoms with van der Waals surface area (Å²) >= 11 is 2.64. The minimum Gasteiger partial charge on any atom is -0.227 e. The van der Waals surface area contributed by atoms with Gasteiger partial charge in [-0.05, 0) is 22.0 Å². The zero-order valence-electron chi connectivity index (χ0n) is 6.06. The van der Waals surface area contributed by atoms with Crippen molar-refractivity contribution in [3.05, 3.63) is 27.7 Å². The molecule has 0 unspecified atom stereocenters. The average Bonchev–Trinajstić information content (AvgIpc) is 2.09. The second kappa shape index (κ2) is 3.75. The Labute approximate surface area is 80.1 Å². The first-order valence-electron chi connectivity index (χ1n) is 3.10. The molecule has 1 heterocycles. The second-order valence-corrected chi connectivity index (χ2v) is 2.87. The van der Waals surface area contributed by atoms with Crippen LogP contribution < -0.4 is 0 Å². The quantitative estimate of drug-likeness (QED) is 0.719. The van der Waals surface area contributed by atoms with E-state index < -0.39 is 17.8 Å². The molecule has 0 aliphatic rings. The topological polar surface area (TPSA) is 36.7 Å². The van der Waals surface area contributed by atoms with Gasteiger partial charge in [0.05, 0.1) is 5.56 Å². The fourth-order valence-electron chi connectivity index (χ4n) is 0.733. The molecule has 0 aliphatic heterocycles. The number of halogens is 4. The van der Waals surface area contributed by atoms with E-state index in [1.165, 1.54) is 0 Å². The van der Waals surface area contributed by atoms with Gasteiger partial charge in [-0.2, -0.15) is 5.26 Å². The Morgan fingerprint density at radius 1 is 1.54 bits per heavy atom. The van der Waals surface area contributed by atoms with Gasteiger partial charge in [0.2, 0.25) is 0 Å². The Morgan fingerprint density at radius 3 is 2.62 bits per heavy atom. The molecule has 1 rings (SSSR count). The van der Waals surface area contributed by atoms with Gasteiger partial charge in [0.15, 0.2) is 5.82 Å². The molecule has 1 aromatic heterocycles. The van der Waals surface area contributed by atoms with Crippen molar-refractivity contribution < 1.29 is 13.2 Å². The summed E-state index contributed by atoms with van der Waals surface area (Å²) in [6.07, 6.45) is -2.95. The first kappa shape index (κ1) is 9.99. The normalized spacial score (nSPS) is 10.2. The molecule has 6 heteroatoms. The largest absolute Gasteiger partial charge is 0.266 e. The summed E-state index contributed by atoms with van der Waals surface area (Å²) in [6.45, 7) is 0. The van der Waals surface area contributed by atoms with E-state index in [2.05, 4.69) is 20.9 Å². The minimum absolute atomic E-state index is 0.247. The van der Waals surface area contributed by atoms with Crippen molar-refractivity contribution >= 4 is 15.9 Å². The van der Waals surface area contributed by atoms with Crippen LogP contribution in [0.25, 0.3) is 0 Å². The van der Waals surface area contributed by atoms with Gasteiger partial charge in [-0.25, -0.2) is 18.2 Å². The fraction of sp³-hybridized carbons (Fsp3) is 0.143. The highest BCUT2D eigenvalue weighted by molar-refractivity contribution is 9.10. The maximum absolute atomic E-state index is 12.9. The zero-order chi connectivity index (χ0) is 10.0. The van der Waals surface area contributed by atoms with Crippen LogP contribution in [0.1, 0.15) is 17.7 Å². The Hall–Kier alpha value is -1.09. The van der Waals surface area contributed by atoms with Gasteiger partial charge < -0.3 is 0 Å². The molecule has 0 fully saturated rings. The number of hydrogen-bond donors (Lipinski definition) is 0. The van der Waals surface area contributed by atoms with E-state index in [9.17, 15) is 13.2 Å². The van der Waals surface area contributed by atoms with Crippen molar-refractivity contribution in [3.63, 3.8) is 0 Å². The Balaban J connectivity index is 3.35. The van der Waals surface area contributed by atoms with E-state index in [4.69, 9.17) is 5.26 Å². The molecule has 1 aromatic rings. The lowest BCUT2D eigenvalue weighted by Gasteiger charge is -2.02. The number of hydrogen-bond acceptors (Lipinski definition) is 2. The van der Waals surface area contributed by atoms with Crippen LogP contribution in [0.3, 0.4) is 0 Å². The van der Waals surface area contributed by atoms with Crippen LogP contribution in [0.5, 0.6) is 0 Å². The molecule has 0 bridgehead atoms. The number of nitrogens with zero attached hydrogens (tertiary/aromatic N) is 2. The molecular formula is C7H2BrF3N2. The summed E-state index contributed by atoms with van der Waals surface area (Å²) in [5.41, 5.74) is -1.07. The van der Waals surface area contributed by atoms with Gasteiger partial charge in [-0.3, -0.25) is 0 Å². The average molecular weight is 251 g/mol. The molecule has 68 valence electrons. The van der Waals surface area contributed by atoms with Gasteiger partial charge >= 0.3 is 0 Å². The molecule has 0 aliphatic carbocycles. The number of rotatable bonds is 1. The predicted octanol–water partition coefficient (Wildman–Crippen LogP) is 2.79. The van der Waals surface area contributed by atoms with Gasteiger partial charge in [-0.1, -0.05) is 0 Å². The van der Waals surface area contributed by atoms with Crippen LogP contribution in [0, 0.1) is 17.1 Å². The summed E-state index contributed by atoms with van der Waals surface area (Å²) in [7, 11) is 0. The highest BCUT2D eigenvalue weighted by atomic mass is 79.9. The Morgan fingerprint density at radius 2 is 2.15 bits per heavy atom. The van der Waals surface area contributed by atoms with Crippen molar-refractivity contribution in [2.75, 3.05) is 0 Å². The van der Waals surface area contributed by atoms with Crippen molar-refractivity contribution in [1.29, 1.82) is 5.26 Å². The van der Waals surface area contributed by atoms with E-state index in [1.54, 1.807) is 6.07 Å². The summed E-state index contributed by atoms with van der Waals surface area (Å²) in [5, 5.41) is 8.36. The summed E-state index contributed by atoms with van der Waals surface area (Å²) in [6, 6.07) is 2.28. The molecule has 0 spiro atoms. The summed E-state index contributed by atoms with van der Waals surface area (Å²) < 4.78 is 36.7. The summed E-state index contributed by atoms with van der Waals surface area (Å²) in [5.74, 6) is -1.13. The Bertz CT molecular complexity index is 373. The smallest absolute Gasteiger partial charge is 0.227 e. The second-order valence-electron chi connectivity index (χ2n) is 2.11. The summed E-state index contributed by atoms with van der Waals surface area (Å²) in [4.78, 5) is 3.38. The fourth-order valence-corrected chi connectivity index (χ4v) is 1.15. The third-order valence-corrected chi connectivity index (χ3v) is 1.82. The molecule has 13 heavy (non-hydrogen) atoms. The lowest BCUT2D eigenvalue weighted by Crippen LogP contribution is -1.97. The van der Waals surface area contributed by atoms with Crippen LogP contribution in [0.2, 0.25) is 0 Å². The molecule has 0 saturated carbocycles. The third kappa shape index (κ3) is 1.98. The monoisotopic (exact) mass is 250 g/mol. The van der Waals surface area contributed by atoms with Crippen LogP contribution in [0.4, 0.5) is 13.2 Å². The van der Waals surface area contributed by atoms with E-state index >= 15 is 0 Å². The molecule has 2 nitrogen and oxygen atoms in total. The van der Waals surface area contributed by atoms with Crippen molar-refractivity contribution in [1.82, 2.24) is 4.98 Å². The molecule has 0 radical (unpaired) electrons. The van der Waals surface area contributed by atoms with Crippen molar-refractivity contribution in [3.8, 4) is 6.07 Å². The maximum atomic E-state index is 12.9. The van der Waals surface area contributed by atoms with Crippen LogP contribution in [-0.4, -0.2) is 4.98 Å². The van der Waals surface area contributed by atoms with Crippen LogP contribution >= 0.6 is 15.9 Å². The zero-order valence-corrected chi connectivity index (χ0v) is 7.65. The van der Waals surface area contributed by atoms with E-state index in [-0.39, 0.29) is 10.3 Å². The molecule has 0 saturated heterocycles. The number of aromatic nitrogens is 1. The van der Waals surface area contributed by atoms with Gasteiger partial charge in [0, 0.05) is 0 Å². The van der Waals surface area contributed by atoms with E-state index in [0.717, 1.165) is 6.07 Å². The molecule has 0 amide bonds. The van der Waals surface area contributed by atoms with Crippen molar-refractivity contribution in [2.24, 2.45) is 0 Å². The van der Waals surface area contributed by atoms with Gasteiger partial charge in [0.25, 0.3) is 6.43 Å². The maximum Gasteiger partial charge on any atom is 0.266 e. The van der Waals surface area contributed by atoms with Crippen molar-refractivity contribution in [2.45, 2.75) is 6.43 Å². The standard InChI is InChI=1S/C7H2BrF3N2/c8-6-5(9)4(7(10)11)1-3(2-12)13-6/h1,7H. The van der Waals surface area contributed by atoms with Gasteiger partial charge in [-0.15, -0.1) is 0 Å². The third-order valence-electron chi connectivity index (χ3n) is 1.30. The highest BCUT2D eigenvalue weighted by Crippen LogP contribution is 2.26. The number of pyridine rings is 1. The van der Waals surface area contributed by atoms with E-state index in [1.807, 2.05) is 0 Å². The predicted molar refractivity (Wildman–Crippen MR) is 41.6 cm³/mol. The number of alkyl halides is 2.